The zero-order valence-electron chi connectivity index (χ0n) is 7.52. The molecule has 0 aromatic heterocycles. The maximum Gasteiger partial charge on any atom is 0.526 e. The van der Waals surface area contributed by atoms with Gasteiger partial charge in [-0.2, -0.15) is 0 Å². The van der Waals surface area contributed by atoms with Crippen LogP contribution in [0.3, 0.4) is 0 Å². The first-order valence-electron chi connectivity index (χ1n) is 3.44. The van der Waals surface area contributed by atoms with Crippen LogP contribution in [0, 0.1) is 40.5 Å². The first kappa shape index (κ1) is 15.6. The van der Waals surface area contributed by atoms with Gasteiger partial charge in [-0.05, 0) is 0 Å². The Kier molecular flexibility index (Phi) is 4.41. The van der Waals surface area contributed by atoms with Crippen LogP contribution in [-0.4, -0.2) is 28.8 Å². The second kappa shape index (κ2) is 4.82. The van der Waals surface area contributed by atoms with Crippen molar-refractivity contribution in [2.45, 2.75) is 15.6 Å². The largest absolute Gasteiger partial charge is 0.526 e. The summed E-state index contributed by atoms with van der Waals surface area (Å²) >= 11 is 4.10. The molecule has 0 aliphatic rings. The standard InChI is InChI=1S/C3H2Br2N4O8/c4-2(6(10)11,7(12)13)1-3(5,8(14)15)9(16)17/h1H2. The molecule has 0 N–H and O–H groups in total. The van der Waals surface area contributed by atoms with Crippen LogP contribution in [0.2, 0.25) is 0 Å². The molecule has 0 saturated carbocycles. The number of halogens is 2. The van der Waals surface area contributed by atoms with Gasteiger partial charge in [0, 0.05) is 0 Å². The van der Waals surface area contributed by atoms with Gasteiger partial charge < -0.3 is 0 Å². The van der Waals surface area contributed by atoms with Crippen LogP contribution in [0.5, 0.6) is 0 Å². The zero-order valence-corrected chi connectivity index (χ0v) is 10.7. The predicted octanol–water partition coefficient (Wildman–Crippen LogP) is 0.581. The summed E-state index contributed by atoms with van der Waals surface area (Å²) in [6.07, 6.45) is -1.62. The van der Waals surface area contributed by atoms with Gasteiger partial charge in [0.1, 0.15) is 19.7 Å². The molecular weight excluding hydrogens is 380 g/mol. The summed E-state index contributed by atoms with van der Waals surface area (Å²) in [4.78, 5) is 35.7. The van der Waals surface area contributed by atoms with Crippen molar-refractivity contribution in [3.8, 4) is 0 Å². The molecule has 0 heterocycles. The minimum atomic E-state index is -3.23. The fourth-order valence-electron chi connectivity index (χ4n) is 0.678. The molecule has 0 aromatic rings. The smallest absolute Gasteiger partial charge is 0.258 e. The molecule has 0 rings (SSSR count). The van der Waals surface area contributed by atoms with E-state index >= 15 is 0 Å². The lowest BCUT2D eigenvalue weighted by molar-refractivity contribution is -0.805. The lowest BCUT2D eigenvalue weighted by Gasteiger charge is -2.14. The molecule has 0 bridgehead atoms. The molecule has 0 spiro atoms. The van der Waals surface area contributed by atoms with Crippen LogP contribution in [-0.2, 0) is 0 Å². The van der Waals surface area contributed by atoms with Crippen molar-refractivity contribution in [1.82, 2.24) is 0 Å². The van der Waals surface area contributed by atoms with E-state index in [4.69, 9.17) is 0 Å². The van der Waals surface area contributed by atoms with E-state index in [0.29, 0.717) is 0 Å². The number of rotatable bonds is 6. The van der Waals surface area contributed by atoms with Gasteiger partial charge in [-0.3, -0.25) is 40.5 Å². The molecule has 12 nitrogen and oxygen atoms in total. The monoisotopic (exact) mass is 380 g/mol. The molecule has 0 unspecified atom stereocenters. The number of hydrogen-bond donors (Lipinski definition) is 0. The summed E-state index contributed by atoms with van der Waals surface area (Å²) < 4.78 is -6.45. The Labute approximate surface area is 108 Å². The predicted molar refractivity (Wildman–Crippen MR) is 55.9 cm³/mol. The first-order chi connectivity index (χ1) is 7.48. The highest BCUT2D eigenvalue weighted by Gasteiger charge is 2.70. The van der Waals surface area contributed by atoms with E-state index in [1.165, 1.54) is 0 Å². The van der Waals surface area contributed by atoms with Gasteiger partial charge in [0.25, 0.3) is 6.42 Å². The molecule has 14 heteroatoms. The number of hydrogen-bond acceptors (Lipinski definition) is 8. The van der Waals surface area contributed by atoms with Gasteiger partial charge in [0.15, 0.2) is 0 Å². The molecule has 17 heavy (non-hydrogen) atoms. The first-order valence-corrected chi connectivity index (χ1v) is 5.03. The summed E-state index contributed by atoms with van der Waals surface area (Å²) in [6.45, 7) is 0. The Bertz CT molecular complexity index is 332. The Morgan fingerprint density at radius 1 is 0.706 bits per heavy atom. The normalized spacial score (nSPS) is 11.9. The highest BCUT2D eigenvalue weighted by molar-refractivity contribution is 9.10. The van der Waals surface area contributed by atoms with E-state index in [2.05, 4.69) is 0 Å². The van der Waals surface area contributed by atoms with Crippen LogP contribution < -0.4 is 0 Å². The Morgan fingerprint density at radius 3 is 1.00 bits per heavy atom. The van der Waals surface area contributed by atoms with Crippen molar-refractivity contribution < 1.29 is 19.7 Å². The lowest BCUT2D eigenvalue weighted by Crippen LogP contribution is -2.51. The van der Waals surface area contributed by atoms with E-state index in [-0.39, 0.29) is 0 Å². The zero-order chi connectivity index (χ0) is 14.0. The molecule has 96 valence electrons. The Morgan fingerprint density at radius 2 is 0.882 bits per heavy atom. The average molecular weight is 382 g/mol. The summed E-state index contributed by atoms with van der Waals surface area (Å²) in [5.74, 6) is 0. The third-order valence-electron chi connectivity index (χ3n) is 1.57. The summed E-state index contributed by atoms with van der Waals surface area (Å²) in [5.41, 5.74) is 0. The van der Waals surface area contributed by atoms with E-state index in [1.807, 2.05) is 31.9 Å². The van der Waals surface area contributed by atoms with Crippen LogP contribution in [0.1, 0.15) is 6.42 Å². The molecule has 0 aliphatic carbocycles. The minimum absolute atomic E-state index is 1.50. The highest BCUT2D eigenvalue weighted by Crippen LogP contribution is 2.36. The van der Waals surface area contributed by atoms with Crippen molar-refractivity contribution >= 4 is 31.9 Å². The molecule has 0 atom stereocenters. The number of nitrogens with zero attached hydrogens (tertiary/aromatic N) is 4. The highest BCUT2D eigenvalue weighted by atomic mass is 79.9. The second-order valence-electron chi connectivity index (χ2n) is 2.64. The molecule has 0 aromatic carbocycles. The Hall–Kier alpha value is -1.44. The third kappa shape index (κ3) is 2.82. The summed E-state index contributed by atoms with van der Waals surface area (Å²) in [7, 11) is 0. The quantitative estimate of drug-likeness (QED) is 0.211. The van der Waals surface area contributed by atoms with Crippen LogP contribution >= 0.6 is 31.9 Å². The van der Waals surface area contributed by atoms with Crippen molar-refractivity contribution in [2.75, 3.05) is 0 Å². The van der Waals surface area contributed by atoms with Crippen molar-refractivity contribution in [2.24, 2.45) is 0 Å². The molecular formula is C3H2Br2N4O8. The summed E-state index contributed by atoms with van der Waals surface area (Å²) in [6, 6.07) is 0. The van der Waals surface area contributed by atoms with E-state index in [9.17, 15) is 40.5 Å². The van der Waals surface area contributed by atoms with Gasteiger partial charge in [-0.25, -0.2) is 0 Å². The number of nitro groups is 4. The second-order valence-corrected chi connectivity index (χ2v) is 5.18. The fourth-order valence-corrected chi connectivity index (χ4v) is 1.84. The van der Waals surface area contributed by atoms with Gasteiger partial charge in [0.2, 0.25) is 0 Å². The third-order valence-corrected chi connectivity index (χ3v) is 3.29. The Balaban J connectivity index is 5.53. The maximum atomic E-state index is 10.4. The fraction of sp³-hybridized carbons (Fsp3) is 1.00. The van der Waals surface area contributed by atoms with Crippen molar-refractivity contribution in [3.05, 3.63) is 40.5 Å². The lowest BCUT2D eigenvalue weighted by atomic mass is 10.3. The van der Waals surface area contributed by atoms with Gasteiger partial charge >= 0.3 is 9.14 Å². The maximum absolute atomic E-state index is 10.4. The molecule has 0 aliphatic heterocycles. The topological polar surface area (TPSA) is 173 Å². The molecule has 0 amide bonds. The van der Waals surface area contributed by atoms with Crippen molar-refractivity contribution in [1.29, 1.82) is 0 Å². The molecule has 0 fully saturated rings. The van der Waals surface area contributed by atoms with E-state index in [0.717, 1.165) is 0 Å². The minimum Gasteiger partial charge on any atom is -0.258 e. The SMILES string of the molecule is O=[N+]([O-])C(Br)(CC(Br)([N+](=O)[O-])[N+](=O)[O-])[N+](=O)[O-]. The van der Waals surface area contributed by atoms with E-state index in [1.54, 1.807) is 0 Å². The number of alkyl halides is 2. The van der Waals surface area contributed by atoms with Gasteiger partial charge in [-0.15, -0.1) is 0 Å². The molecule has 0 radical (unpaired) electrons. The average Bonchev–Trinajstić information content (AvgIpc) is 2.15. The van der Waals surface area contributed by atoms with Gasteiger partial charge in [0.05, 0.1) is 31.9 Å². The summed E-state index contributed by atoms with van der Waals surface area (Å²) in [5, 5.41) is 41.7. The van der Waals surface area contributed by atoms with Crippen molar-refractivity contribution in [3.63, 3.8) is 0 Å². The van der Waals surface area contributed by atoms with Gasteiger partial charge in [-0.1, -0.05) is 0 Å². The molecule has 0 saturated heterocycles. The van der Waals surface area contributed by atoms with Crippen LogP contribution in [0.25, 0.3) is 0 Å². The van der Waals surface area contributed by atoms with Crippen LogP contribution in [0.4, 0.5) is 0 Å². The van der Waals surface area contributed by atoms with E-state index < -0.39 is 35.3 Å². The van der Waals surface area contributed by atoms with Crippen LogP contribution in [0.15, 0.2) is 0 Å².